The third-order valence-electron chi connectivity index (χ3n) is 4.97. The van der Waals surface area contributed by atoms with Gasteiger partial charge < -0.3 is 37.2 Å². The molecule has 30 heavy (non-hydrogen) atoms. The summed E-state index contributed by atoms with van der Waals surface area (Å²) in [7, 11) is 0. The molecule has 4 heteroatoms. The van der Waals surface area contributed by atoms with Crippen molar-refractivity contribution in [2.75, 3.05) is 0 Å². The van der Waals surface area contributed by atoms with Crippen molar-refractivity contribution in [1.82, 2.24) is 0 Å². The van der Waals surface area contributed by atoms with Crippen LogP contribution in [0.4, 0.5) is 0 Å². The van der Waals surface area contributed by atoms with E-state index in [2.05, 4.69) is 111 Å². The Kier molecular flexibility index (Phi) is 12.5. The van der Waals surface area contributed by atoms with Crippen molar-refractivity contribution in [2.45, 2.75) is 19.8 Å². The van der Waals surface area contributed by atoms with E-state index in [-0.39, 0.29) is 64.9 Å². The molecule has 0 atom stereocenters. The molecule has 0 fully saturated rings. The molecule has 0 nitrogen and oxygen atoms in total. The van der Waals surface area contributed by atoms with Crippen LogP contribution in [-0.2, 0) is 21.7 Å². The predicted molar refractivity (Wildman–Crippen MR) is 111 cm³/mol. The zero-order chi connectivity index (χ0) is 17.9. The van der Waals surface area contributed by atoms with Crippen LogP contribution in [-0.4, -0.2) is 0 Å². The van der Waals surface area contributed by atoms with Crippen molar-refractivity contribution in [1.29, 1.82) is 0 Å². The smallest absolute Gasteiger partial charge is 1.00 e. The van der Waals surface area contributed by atoms with Gasteiger partial charge in [-0.25, -0.2) is 6.07 Å². The summed E-state index contributed by atoms with van der Waals surface area (Å²) in [6, 6.07) is 35.2. The second-order valence-corrected chi connectivity index (χ2v) is 7.06. The summed E-state index contributed by atoms with van der Waals surface area (Å²) in [5.41, 5.74) is 9.20. The molecule has 0 spiro atoms. The average molecular weight is 490 g/mol. The van der Waals surface area contributed by atoms with Crippen molar-refractivity contribution < 1.29 is 58.9 Å². The summed E-state index contributed by atoms with van der Waals surface area (Å²) in [4.78, 5) is 0. The van der Waals surface area contributed by atoms with E-state index in [4.69, 9.17) is 0 Å². The van der Waals surface area contributed by atoms with Gasteiger partial charge in [0.2, 0.25) is 0 Å². The number of halogens is 3. The first kappa shape index (κ1) is 28.6. The van der Waals surface area contributed by atoms with Gasteiger partial charge in [-0.2, -0.15) is 17.7 Å². The van der Waals surface area contributed by atoms with E-state index < -0.39 is 0 Å². The zero-order valence-electron chi connectivity index (χ0n) is 16.9. The van der Waals surface area contributed by atoms with Gasteiger partial charge >= 0.3 is 21.7 Å². The minimum Gasteiger partial charge on any atom is -1.00 e. The molecule has 0 aliphatic heterocycles. The Balaban J connectivity index is 0.00000210. The number of hydrogen-bond acceptors (Lipinski definition) is 0. The fourth-order valence-corrected chi connectivity index (χ4v) is 3.73. The molecule has 0 heterocycles. The van der Waals surface area contributed by atoms with Crippen LogP contribution in [0.1, 0.15) is 33.7 Å². The van der Waals surface area contributed by atoms with Gasteiger partial charge in [-0.1, -0.05) is 95.6 Å². The van der Waals surface area contributed by atoms with Crippen molar-refractivity contribution in [2.24, 2.45) is 0 Å². The number of benzene rings is 3. The van der Waals surface area contributed by atoms with Crippen molar-refractivity contribution in [3.05, 3.63) is 125 Å². The maximum atomic E-state index is 2.34. The van der Waals surface area contributed by atoms with Gasteiger partial charge in [0.15, 0.2) is 0 Å². The molecule has 0 aliphatic carbocycles. The predicted octanol–water partition coefficient (Wildman–Crippen LogP) is -2.12. The van der Waals surface area contributed by atoms with E-state index in [1.54, 1.807) is 0 Å². The maximum absolute atomic E-state index is 2.34. The van der Waals surface area contributed by atoms with E-state index >= 15 is 0 Å². The van der Waals surface area contributed by atoms with Crippen molar-refractivity contribution in [3.63, 3.8) is 0 Å². The quantitative estimate of drug-likeness (QED) is 0.227. The van der Waals surface area contributed by atoms with Crippen LogP contribution >= 0.6 is 0 Å². The molecule has 0 saturated heterocycles. The molecule has 4 aromatic carbocycles. The van der Waals surface area contributed by atoms with Gasteiger partial charge in [0.05, 0.1) is 0 Å². The fourth-order valence-electron chi connectivity index (χ4n) is 3.73. The Labute approximate surface area is 213 Å². The van der Waals surface area contributed by atoms with Crippen LogP contribution in [0.25, 0.3) is 11.1 Å². The van der Waals surface area contributed by atoms with E-state index in [0.717, 1.165) is 0 Å². The van der Waals surface area contributed by atoms with Crippen molar-refractivity contribution in [3.8, 4) is 11.1 Å². The first-order chi connectivity index (χ1) is 12.7. The van der Waals surface area contributed by atoms with Gasteiger partial charge in [-0.15, -0.1) is 5.56 Å². The topological polar surface area (TPSA) is 0 Å². The summed E-state index contributed by atoms with van der Waals surface area (Å²) < 4.78 is 0. The van der Waals surface area contributed by atoms with E-state index in [9.17, 15) is 0 Å². The molecule has 0 saturated carbocycles. The molecule has 0 amide bonds. The second kappa shape index (κ2) is 13.1. The maximum Gasteiger partial charge on any atom is 4.00 e. The number of rotatable bonds is 4. The first-order valence-corrected chi connectivity index (χ1v) is 9.16. The zero-order valence-corrected chi connectivity index (χ0v) is 20.8. The molecule has 0 radical (unpaired) electrons. The van der Waals surface area contributed by atoms with E-state index in [1.165, 1.54) is 38.9 Å². The molecule has 0 aliphatic rings. The van der Waals surface area contributed by atoms with Crippen LogP contribution in [0.3, 0.4) is 0 Å². The standard InChI is InChI=1S/C26H23.3ClH.Ti/c1-19-8-6-12-23(16-19)26(24-13-7-9-20(2)17-24)25-15-14-22(18-25)21-10-4-3-5-11-21;;;;/h3-18,26H,1-2H3;3*1H;/q-1;;;;+4/p-3. The summed E-state index contributed by atoms with van der Waals surface area (Å²) in [6.07, 6.45) is 0. The Morgan fingerprint density at radius 1 is 0.600 bits per heavy atom. The van der Waals surface area contributed by atoms with Gasteiger partial charge in [-0.3, -0.25) is 0 Å². The molecule has 152 valence electrons. The molecular weight excluding hydrogens is 467 g/mol. The third-order valence-corrected chi connectivity index (χ3v) is 4.97. The van der Waals surface area contributed by atoms with Gasteiger partial charge in [0, 0.05) is 0 Å². The average Bonchev–Trinajstić information content (AvgIpc) is 3.12. The van der Waals surface area contributed by atoms with Gasteiger partial charge in [0.1, 0.15) is 0 Å². The molecule has 0 aromatic heterocycles. The minimum atomic E-state index is 0. The minimum absolute atomic E-state index is 0. The normalized spacial score (nSPS) is 9.57. The fraction of sp³-hybridized carbons (Fsp3) is 0.115. The number of hydrogen-bond donors (Lipinski definition) is 0. The van der Waals surface area contributed by atoms with Crippen LogP contribution in [0.2, 0.25) is 0 Å². The molecule has 4 rings (SSSR count). The Morgan fingerprint density at radius 2 is 1.13 bits per heavy atom. The third kappa shape index (κ3) is 6.54. The van der Waals surface area contributed by atoms with E-state index in [0.29, 0.717) is 0 Å². The Bertz CT molecular complexity index is 980. The van der Waals surface area contributed by atoms with Crippen molar-refractivity contribution >= 4 is 0 Å². The van der Waals surface area contributed by atoms with Crippen LogP contribution in [0.15, 0.2) is 97.1 Å². The summed E-state index contributed by atoms with van der Waals surface area (Å²) >= 11 is 0. The molecule has 0 unspecified atom stereocenters. The Morgan fingerprint density at radius 3 is 1.63 bits per heavy atom. The summed E-state index contributed by atoms with van der Waals surface area (Å²) in [6.45, 7) is 4.33. The van der Waals surface area contributed by atoms with E-state index in [1.807, 2.05) is 0 Å². The number of aryl methyl sites for hydroxylation is 2. The molecule has 0 bridgehead atoms. The summed E-state index contributed by atoms with van der Waals surface area (Å²) in [5.74, 6) is 0.257. The largest absolute Gasteiger partial charge is 4.00 e. The first-order valence-electron chi connectivity index (χ1n) is 9.16. The van der Waals surface area contributed by atoms with Crippen LogP contribution in [0.5, 0.6) is 0 Å². The van der Waals surface area contributed by atoms with Gasteiger partial charge in [0.25, 0.3) is 0 Å². The SMILES string of the molecule is Cc1cccc(C(c2cccc(C)c2)[c-]2ccc(-c3ccccc3)c2)c1.[Cl-].[Cl-].[Cl-].[Ti+4]. The molecule has 4 aromatic rings. The monoisotopic (exact) mass is 488 g/mol. The Hall–Kier alpha value is -1.41. The van der Waals surface area contributed by atoms with Gasteiger partial charge in [-0.05, 0) is 30.9 Å². The molecular formula is C26H23Cl3Ti. The molecule has 0 N–H and O–H groups in total. The van der Waals surface area contributed by atoms with Crippen LogP contribution < -0.4 is 37.2 Å². The second-order valence-electron chi connectivity index (χ2n) is 7.06. The van der Waals surface area contributed by atoms with Crippen LogP contribution in [0, 0.1) is 13.8 Å². The summed E-state index contributed by atoms with van der Waals surface area (Å²) in [5, 5.41) is 0.